The Morgan fingerprint density at radius 2 is 2.19 bits per heavy atom. The molecule has 0 fully saturated rings. The number of thioether (sulfide) groups is 1. The fraction of sp³-hybridized carbons (Fsp3) is 0.444. The number of amides is 1. The molecule has 26 heavy (non-hydrogen) atoms. The molecule has 1 amide bonds. The number of likely N-dealkylation sites (N-methyl/N-ethyl adjacent to an activating group) is 1. The van der Waals surface area contributed by atoms with Crippen LogP contribution in [0, 0.1) is 0 Å². The quantitative estimate of drug-likeness (QED) is 0.794. The number of carbonyl (C=O) groups excluding carboxylic acids is 1. The zero-order valence-corrected chi connectivity index (χ0v) is 15.6. The van der Waals surface area contributed by atoms with Crippen molar-refractivity contribution in [2.75, 3.05) is 25.0 Å². The molecule has 3 rings (SSSR count). The summed E-state index contributed by atoms with van der Waals surface area (Å²) in [6.45, 7) is 0.509. The zero-order valence-electron chi connectivity index (χ0n) is 14.8. The number of aromatic nitrogens is 2. The Kier molecular flexibility index (Phi) is 5.93. The van der Waals surface area contributed by atoms with Crippen molar-refractivity contribution in [1.82, 2.24) is 14.5 Å². The summed E-state index contributed by atoms with van der Waals surface area (Å²) in [5.74, 6) is 0.209. The molecule has 2 heterocycles. The Morgan fingerprint density at radius 1 is 1.42 bits per heavy atom. The van der Waals surface area contributed by atoms with Gasteiger partial charge in [0, 0.05) is 29.1 Å². The Balaban J connectivity index is 1.70. The minimum absolute atomic E-state index is 0.0372. The Bertz CT molecular complexity index is 767. The van der Waals surface area contributed by atoms with Gasteiger partial charge in [0.25, 0.3) is 0 Å². The van der Waals surface area contributed by atoms with Crippen molar-refractivity contribution in [2.24, 2.45) is 0 Å². The van der Waals surface area contributed by atoms with Crippen molar-refractivity contribution >= 4 is 23.4 Å². The Hall–Kier alpha value is -1.93. The lowest BCUT2D eigenvalue weighted by molar-refractivity contribution is -0.119. The van der Waals surface area contributed by atoms with Crippen molar-refractivity contribution in [3.05, 3.63) is 42.5 Å². The smallest absolute Gasteiger partial charge is 0.310 e. The molecule has 140 valence electrons. The molecular formula is C18H22F2N4OS. The Morgan fingerprint density at radius 3 is 2.96 bits per heavy atom. The summed E-state index contributed by atoms with van der Waals surface area (Å²) < 4.78 is 26.7. The number of alkyl halides is 2. The van der Waals surface area contributed by atoms with Crippen LogP contribution >= 0.6 is 11.8 Å². The van der Waals surface area contributed by atoms with Crippen LogP contribution in [0.25, 0.3) is 0 Å². The van der Waals surface area contributed by atoms with E-state index < -0.39 is 6.55 Å². The summed E-state index contributed by atoms with van der Waals surface area (Å²) in [7, 11) is 1.74. The van der Waals surface area contributed by atoms with Crippen LogP contribution in [-0.4, -0.2) is 45.7 Å². The number of hydrogen-bond acceptors (Lipinski definition) is 4. The van der Waals surface area contributed by atoms with Gasteiger partial charge < -0.3 is 4.90 Å². The van der Waals surface area contributed by atoms with Crippen LogP contribution in [0.2, 0.25) is 0 Å². The van der Waals surface area contributed by atoms with Gasteiger partial charge in [-0.25, -0.2) is 4.98 Å². The first-order chi connectivity index (χ1) is 12.5. The molecule has 1 aromatic heterocycles. The van der Waals surface area contributed by atoms with Gasteiger partial charge in [-0.1, -0.05) is 19.1 Å². The van der Waals surface area contributed by atoms with E-state index in [-0.39, 0.29) is 24.8 Å². The first-order valence-corrected chi connectivity index (χ1v) is 9.38. The number of rotatable bonds is 5. The summed E-state index contributed by atoms with van der Waals surface area (Å²) in [5, 5.41) is 0.435. The zero-order chi connectivity index (χ0) is 18.7. The van der Waals surface area contributed by atoms with Crippen LogP contribution in [-0.2, 0) is 11.3 Å². The monoisotopic (exact) mass is 380 g/mol. The number of para-hydroxylation sites is 1. The first kappa shape index (κ1) is 18.8. The van der Waals surface area contributed by atoms with Crippen LogP contribution in [0.15, 0.2) is 41.6 Å². The number of carbonyl (C=O) groups is 1. The van der Waals surface area contributed by atoms with Gasteiger partial charge in [-0.15, -0.1) is 11.8 Å². The lowest BCUT2D eigenvalue weighted by Gasteiger charge is -2.25. The van der Waals surface area contributed by atoms with Crippen molar-refractivity contribution < 1.29 is 13.6 Å². The topological polar surface area (TPSA) is 41.4 Å². The second-order valence-corrected chi connectivity index (χ2v) is 7.91. The van der Waals surface area contributed by atoms with Crippen LogP contribution in [0.3, 0.4) is 0 Å². The van der Waals surface area contributed by atoms with E-state index in [2.05, 4.69) is 11.9 Å². The van der Waals surface area contributed by atoms with Gasteiger partial charge in [-0.2, -0.15) is 8.78 Å². The SMILES string of the molecule is CC1CCN(C(=O)CN(C)Cc2nccn2C(F)F)c2ccccc2S1. The Labute approximate surface area is 156 Å². The summed E-state index contributed by atoms with van der Waals surface area (Å²) in [6, 6.07) is 7.90. The fourth-order valence-electron chi connectivity index (χ4n) is 3.00. The summed E-state index contributed by atoms with van der Waals surface area (Å²) in [4.78, 5) is 21.5. The third kappa shape index (κ3) is 4.24. The normalized spacial score (nSPS) is 17.5. The summed E-state index contributed by atoms with van der Waals surface area (Å²) >= 11 is 1.78. The van der Waals surface area contributed by atoms with Gasteiger partial charge in [0.1, 0.15) is 5.82 Å². The van der Waals surface area contributed by atoms with E-state index in [1.54, 1.807) is 23.7 Å². The maximum atomic E-state index is 12.9. The van der Waals surface area contributed by atoms with Gasteiger partial charge in [0.15, 0.2) is 0 Å². The van der Waals surface area contributed by atoms with Crippen molar-refractivity contribution in [3.63, 3.8) is 0 Å². The maximum absolute atomic E-state index is 12.9. The lowest BCUT2D eigenvalue weighted by Crippen LogP contribution is -2.40. The number of halogens is 2. The second-order valence-electron chi connectivity index (χ2n) is 6.43. The van der Waals surface area contributed by atoms with Crippen molar-refractivity contribution in [3.8, 4) is 0 Å². The number of benzene rings is 1. The maximum Gasteiger partial charge on any atom is 0.319 e. The first-order valence-electron chi connectivity index (χ1n) is 8.50. The van der Waals surface area contributed by atoms with Crippen molar-refractivity contribution in [1.29, 1.82) is 0 Å². The average molecular weight is 380 g/mol. The molecule has 8 heteroatoms. The molecule has 0 radical (unpaired) electrons. The fourth-order valence-corrected chi connectivity index (χ4v) is 4.12. The van der Waals surface area contributed by atoms with Gasteiger partial charge in [-0.3, -0.25) is 14.3 Å². The van der Waals surface area contributed by atoms with Crippen molar-refractivity contribution in [2.45, 2.75) is 36.6 Å². The number of imidazole rings is 1. The molecule has 2 aromatic rings. The molecule has 1 unspecified atom stereocenters. The minimum Gasteiger partial charge on any atom is -0.310 e. The molecule has 0 N–H and O–H groups in total. The second kappa shape index (κ2) is 8.18. The van der Waals surface area contributed by atoms with E-state index in [4.69, 9.17) is 0 Å². The van der Waals surface area contributed by atoms with E-state index >= 15 is 0 Å². The van der Waals surface area contributed by atoms with E-state index in [1.807, 2.05) is 29.2 Å². The third-order valence-corrected chi connectivity index (χ3v) is 5.56. The molecule has 1 atom stereocenters. The largest absolute Gasteiger partial charge is 0.319 e. The van der Waals surface area contributed by atoms with Gasteiger partial charge >= 0.3 is 6.55 Å². The highest BCUT2D eigenvalue weighted by molar-refractivity contribution is 8.00. The molecule has 0 saturated heterocycles. The van der Waals surface area contributed by atoms with Crippen LogP contribution in [0.5, 0.6) is 0 Å². The van der Waals surface area contributed by atoms with Gasteiger partial charge in [0.2, 0.25) is 5.91 Å². The lowest BCUT2D eigenvalue weighted by atomic mass is 10.2. The highest BCUT2D eigenvalue weighted by Gasteiger charge is 2.25. The molecule has 1 aromatic carbocycles. The molecule has 0 aliphatic carbocycles. The molecule has 5 nitrogen and oxygen atoms in total. The number of fused-ring (bicyclic) bond motifs is 1. The van der Waals surface area contributed by atoms with Crippen LogP contribution < -0.4 is 4.90 Å². The highest BCUT2D eigenvalue weighted by Crippen LogP contribution is 2.37. The predicted molar refractivity (Wildman–Crippen MR) is 98.5 cm³/mol. The molecule has 0 saturated carbocycles. The molecule has 1 aliphatic heterocycles. The predicted octanol–water partition coefficient (Wildman–Crippen LogP) is 3.63. The van der Waals surface area contributed by atoms with E-state index in [0.29, 0.717) is 11.8 Å². The highest BCUT2D eigenvalue weighted by atomic mass is 32.2. The summed E-state index contributed by atoms with van der Waals surface area (Å²) in [5.41, 5.74) is 0.925. The number of nitrogens with zero attached hydrogens (tertiary/aromatic N) is 4. The summed E-state index contributed by atoms with van der Waals surface area (Å²) in [6.07, 6.45) is 3.50. The molecule has 1 aliphatic rings. The van der Waals surface area contributed by atoms with Gasteiger partial charge in [-0.05, 0) is 25.6 Å². The minimum atomic E-state index is -2.63. The van der Waals surface area contributed by atoms with Crippen LogP contribution in [0.1, 0.15) is 25.7 Å². The third-order valence-electron chi connectivity index (χ3n) is 4.32. The van der Waals surface area contributed by atoms with E-state index in [0.717, 1.165) is 21.6 Å². The number of anilines is 1. The molecule has 0 bridgehead atoms. The number of hydrogen-bond donors (Lipinski definition) is 0. The van der Waals surface area contributed by atoms with Crippen LogP contribution in [0.4, 0.5) is 14.5 Å². The van der Waals surface area contributed by atoms with E-state index in [9.17, 15) is 13.6 Å². The standard InChI is InChI=1S/C18H22F2N4OS/c1-13-7-9-23(14-5-3-4-6-15(14)26-13)17(25)12-22(2)11-16-21-8-10-24(16)18(19)20/h3-6,8,10,13,18H,7,9,11-12H2,1-2H3. The van der Waals surface area contributed by atoms with Gasteiger partial charge in [0.05, 0.1) is 18.8 Å². The molecular weight excluding hydrogens is 358 g/mol. The average Bonchev–Trinajstić information content (AvgIpc) is 2.97. The van der Waals surface area contributed by atoms with E-state index in [1.165, 1.54) is 12.4 Å². The molecule has 0 spiro atoms.